The first-order chi connectivity index (χ1) is 17.2. The minimum absolute atomic E-state index is 0. The topological polar surface area (TPSA) is 99.1 Å². The van der Waals surface area contributed by atoms with Crippen molar-refractivity contribution in [3.8, 4) is 11.5 Å². The van der Waals surface area contributed by atoms with E-state index >= 15 is 0 Å². The van der Waals surface area contributed by atoms with Gasteiger partial charge in [0.15, 0.2) is 11.5 Å². The number of aromatic hydroxyl groups is 1. The second-order valence-corrected chi connectivity index (χ2v) is 13.5. The second-order valence-electron chi connectivity index (χ2n) is 11.7. The number of hydrogen-bond donors (Lipinski definition) is 3. The molecule has 0 aromatic heterocycles. The van der Waals surface area contributed by atoms with Gasteiger partial charge in [0.05, 0.1) is 22.8 Å². The van der Waals surface area contributed by atoms with Gasteiger partial charge in [-0.1, -0.05) is 30.3 Å². The van der Waals surface area contributed by atoms with E-state index in [1.807, 2.05) is 37.3 Å². The third-order valence-corrected chi connectivity index (χ3v) is 11.1. The van der Waals surface area contributed by atoms with Gasteiger partial charge in [0.25, 0.3) is 0 Å². The van der Waals surface area contributed by atoms with E-state index in [1.165, 1.54) is 12.8 Å². The molecule has 2 saturated carbocycles. The van der Waals surface area contributed by atoms with E-state index in [-0.39, 0.29) is 30.0 Å². The number of phenols is 1. The third kappa shape index (κ3) is 3.67. The van der Waals surface area contributed by atoms with Crippen molar-refractivity contribution in [1.29, 1.82) is 0 Å². The molecule has 0 unspecified atom stereocenters. The van der Waals surface area contributed by atoms with Crippen LogP contribution in [0.4, 0.5) is 0 Å². The molecule has 7 rings (SSSR count). The maximum atomic E-state index is 13.4. The molecule has 1 saturated heterocycles. The first-order valence-electron chi connectivity index (χ1n) is 13.2. The number of phenolic OH excluding ortho intramolecular Hbond substituents is 1. The summed E-state index contributed by atoms with van der Waals surface area (Å²) in [6.07, 6.45) is 4.38. The number of nitrogens with zero attached hydrogens (tertiary/aromatic N) is 1. The van der Waals surface area contributed by atoms with Gasteiger partial charge in [0.1, 0.15) is 6.10 Å². The molecule has 3 aliphatic carbocycles. The average molecular weight is 547 g/mol. The van der Waals surface area contributed by atoms with Gasteiger partial charge in [-0.25, -0.2) is 13.1 Å². The van der Waals surface area contributed by atoms with E-state index in [0.717, 1.165) is 47.7 Å². The molecule has 37 heavy (non-hydrogen) atoms. The molecule has 0 radical (unpaired) electrons. The van der Waals surface area contributed by atoms with Crippen LogP contribution in [-0.4, -0.2) is 60.4 Å². The molecule has 5 aliphatic rings. The Labute approximate surface area is 224 Å². The molecule has 0 amide bonds. The Balaban J connectivity index is 0.00000252. The van der Waals surface area contributed by atoms with Gasteiger partial charge in [-0.15, -0.1) is 12.4 Å². The van der Waals surface area contributed by atoms with Crippen molar-refractivity contribution in [2.45, 2.75) is 80.4 Å². The number of hydrogen-bond acceptors (Lipinski definition) is 6. The van der Waals surface area contributed by atoms with Crippen molar-refractivity contribution in [2.24, 2.45) is 5.92 Å². The lowest BCUT2D eigenvalue weighted by Gasteiger charge is -2.64. The molecule has 2 aromatic rings. The molecule has 1 spiro atoms. The minimum Gasteiger partial charge on any atom is -0.504 e. The van der Waals surface area contributed by atoms with Crippen molar-refractivity contribution in [3.63, 3.8) is 0 Å². The number of aliphatic hydroxyl groups is 1. The summed E-state index contributed by atoms with van der Waals surface area (Å²) in [6.45, 7) is 3.78. The van der Waals surface area contributed by atoms with Crippen LogP contribution in [0, 0.1) is 12.8 Å². The van der Waals surface area contributed by atoms with Crippen molar-refractivity contribution >= 4 is 22.4 Å². The molecule has 7 nitrogen and oxygen atoms in total. The third-order valence-electron chi connectivity index (χ3n) is 9.70. The smallest absolute Gasteiger partial charge is 0.216 e. The zero-order chi connectivity index (χ0) is 24.9. The van der Waals surface area contributed by atoms with E-state index in [0.29, 0.717) is 25.0 Å². The molecule has 200 valence electrons. The van der Waals surface area contributed by atoms with E-state index in [4.69, 9.17) is 4.74 Å². The highest BCUT2D eigenvalue weighted by Gasteiger charge is 2.73. The van der Waals surface area contributed by atoms with Crippen LogP contribution in [0.15, 0.2) is 36.4 Å². The van der Waals surface area contributed by atoms with Gasteiger partial charge in [-0.3, -0.25) is 4.90 Å². The molecule has 2 bridgehead atoms. The van der Waals surface area contributed by atoms with Gasteiger partial charge in [0, 0.05) is 18.2 Å². The lowest BCUT2D eigenvalue weighted by Crippen LogP contribution is -2.78. The molecule has 5 atom stereocenters. The highest BCUT2D eigenvalue weighted by Crippen LogP contribution is 2.65. The van der Waals surface area contributed by atoms with E-state index in [2.05, 4.69) is 9.62 Å². The Kier molecular flexibility index (Phi) is 5.90. The molecule has 2 aliphatic heterocycles. The van der Waals surface area contributed by atoms with Crippen LogP contribution in [0.2, 0.25) is 0 Å². The summed E-state index contributed by atoms with van der Waals surface area (Å²) < 4.78 is 36.2. The maximum Gasteiger partial charge on any atom is 0.216 e. The SMILES string of the molecule is Cc1ccccc1CS(=O)(=O)N[C@H]1CC[C@@]2(O)[C@H]3Cc4ccc(O)c5c4[C@@]2(CCN3CC2CC2)[C@H]1O5.Cl. The van der Waals surface area contributed by atoms with Crippen LogP contribution in [0.5, 0.6) is 11.5 Å². The van der Waals surface area contributed by atoms with Crippen LogP contribution in [0.1, 0.15) is 54.4 Å². The van der Waals surface area contributed by atoms with E-state index in [1.54, 1.807) is 6.07 Å². The van der Waals surface area contributed by atoms with E-state index in [9.17, 15) is 18.6 Å². The molecule has 9 heteroatoms. The number of piperidine rings is 1. The summed E-state index contributed by atoms with van der Waals surface area (Å²) in [5, 5.41) is 23.3. The van der Waals surface area contributed by atoms with Crippen LogP contribution in [0.25, 0.3) is 0 Å². The molecule has 3 fully saturated rings. The monoisotopic (exact) mass is 546 g/mol. The Morgan fingerprint density at radius 2 is 1.92 bits per heavy atom. The standard InChI is InChI=1S/C28H34N2O5S.ClH/c1-17-4-2-3-5-20(17)16-36(33,34)29-21-10-11-28(32)23-14-19-8-9-22(31)25-24(19)27(28,26(21)35-25)12-13-30(23)15-18-6-7-18;/h2-5,8-9,18,21,23,26,29,31-32H,6-7,10-16H2,1H3;1H/t21-,23+,26-,27-,28+;/m0./s1. The Morgan fingerprint density at radius 1 is 1.14 bits per heavy atom. The number of likely N-dealkylation sites (tertiary alicyclic amines) is 1. The normalized spacial score (nSPS) is 33.8. The molecular formula is C28H35ClN2O5S. The van der Waals surface area contributed by atoms with Crippen LogP contribution >= 0.6 is 12.4 Å². The molecule has 2 aromatic carbocycles. The summed E-state index contributed by atoms with van der Waals surface area (Å²) in [7, 11) is -3.66. The zero-order valence-corrected chi connectivity index (χ0v) is 22.7. The fourth-order valence-electron chi connectivity index (χ4n) is 7.85. The summed E-state index contributed by atoms with van der Waals surface area (Å²) >= 11 is 0. The van der Waals surface area contributed by atoms with Gasteiger partial charge in [0.2, 0.25) is 10.0 Å². The number of rotatable bonds is 6. The first kappa shape index (κ1) is 25.4. The highest BCUT2D eigenvalue weighted by atomic mass is 35.5. The lowest BCUT2D eigenvalue weighted by atomic mass is 9.48. The van der Waals surface area contributed by atoms with Crippen molar-refractivity contribution in [1.82, 2.24) is 9.62 Å². The quantitative estimate of drug-likeness (QED) is 0.515. The highest BCUT2D eigenvalue weighted by molar-refractivity contribution is 7.88. The Morgan fingerprint density at radius 3 is 2.68 bits per heavy atom. The van der Waals surface area contributed by atoms with Crippen molar-refractivity contribution in [3.05, 3.63) is 58.7 Å². The number of benzene rings is 2. The fraction of sp³-hybridized carbons (Fsp3) is 0.571. The summed E-state index contributed by atoms with van der Waals surface area (Å²) in [5.41, 5.74) is 2.00. The lowest BCUT2D eigenvalue weighted by molar-refractivity contribution is -0.190. The molecule has 3 N–H and O–H groups in total. The average Bonchev–Trinajstić information content (AvgIpc) is 3.57. The number of halogens is 1. The predicted octanol–water partition coefficient (Wildman–Crippen LogP) is 3.17. The van der Waals surface area contributed by atoms with Crippen LogP contribution < -0.4 is 9.46 Å². The van der Waals surface area contributed by atoms with Gasteiger partial charge in [-0.2, -0.15) is 0 Å². The maximum absolute atomic E-state index is 13.4. The van der Waals surface area contributed by atoms with Gasteiger partial charge >= 0.3 is 0 Å². The molecular weight excluding hydrogens is 512 g/mol. The summed E-state index contributed by atoms with van der Waals surface area (Å²) in [4.78, 5) is 2.48. The Hall–Kier alpha value is -1.84. The fourth-order valence-corrected chi connectivity index (χ4v) is 9.37. The second kappa shape index (κ2) is 8.58. The zero-order valence-electron chi connectivity index (χ0n) is 21.0. The number of sulfonamides is 1. The largest absolute Gasteiger partial charge is 0.504 e. The molecule has 2 heterocycles. The number of aryl methyl sites for hydroxylation is 1. The predicted molar refractivity (Wildman–Crippen MR) is 143 cm³/mol. The first-order valence-corrected chi connectivity index (χ1v) is 14.9. The Bertz CT molecular complexity index is 1350. The minimum atomic E-state index is -3.66. The van der Waals surface area contributed by atoms with Crippen LogP contribution in [0.3, 0.4) is 0 Å². The van der Waals surface area contributed by atoms with Gasteiger partial charge in [-0.05, 0) is 80.7 Å². The number of nitrogens with one attached hydrogen (secondary N) is 1. The summed E-state index contributed by atoms with van der Waals surface area (Å²) in [6, 6.07) is 10.7. The van der Waals surface area contributed by atoms with Crippen LogP contribution in [-0.2, 0) is 27.6 Å². The van der Waals surface area contributed by atoms with Crippen molar-refractivity contribution < 1.29 is 23.4 Å². The van der Waals surface area contributed by atoms with Gasteiger partial charge < -0.3 is 14.9 Å². The number of ether oxygens (including phenoxy) is 1. The van der Waals surface area contributed by atoms with E-state index < -0.39 is 33.2 Å². The van der Waals surface area contributed by atoms with Crippen molar-refractivity contribution in [2.75, 3.05) is 13.1 Å². The summed E-state index contributed by atoms with van der Waals surface area (Å²) in [5.74, 6) is 1.14.